The Labute approximate surface area is 175 Å². The summed E-state index contributed by atoms with van der Waals surface area (Å²) in [5.41, 5.74) is 2.25. The van der Waals surface area contributed by atoms with E-state index in [-0.39, 0.29) is 18.9 Å². The predicted octanol–water partition coefficient (Wildman–Crippen LogP) is 4.15. The van der Waals surface area contributed by atoms with Crippen molar-refractivity contribution in [1.82, 2.24) is 5.32 Å². The van der Waals surface area contributed by atoms with Gasteiger partial charge in [0.25, 0.3) is 11.8 Å². The van der Waals surface area contributed by atoms with Gasteiger partial charge in [-0.3, -0.25) is 14.4 Å². The van der Waals surface area contributed by atoms with Crippen LogP contribution in [-0.2, 0) is 14.3 Å². The number of ether oxygens (including phenoxy) is 1. The Kier molecular flexibility index (Phi) is 8.21. The molecule has 6 nitrogen and oxygen atoms in total. The highest BCUT2D eigenvalue weighted by Gasteiger charge is 2.18. The number of benzene rings is 2. The fourth-order valence-corrected chi connectivity index (χ4v) is 2.61. The molecule has 7 heteroatoms. The van der Waals surface area contributed by atoms with Gasteiger partial charge in [0.15, 0.2) is 6.10 Å². The van der Waals surface area contributed by atoms with E-state index < -0.39 is 18.0 Å². The van der Waals surface area contributed by atoms with Crippen molar-refractivity contribution in [3.63, 3.8) is 0 Å². The van der Waals surface area contributed by atoms with Crippen LogP contribution in [0.15, 0.2) is 48.5 Å². The first-order valence-corrected chi connectivity index (χ1v) is 9.78. The van der Waals surface area contributed by atoms with Gasteiger partial charge in [0.05, 0.1) is 6.42 Å². The Morgan fingerprint density at radius 3 is 2.17 bits per heavy atom. The van der Waals surface area contributed by atoms with Crippen molar-refractivity contribution in [1.29, 1.82) is 0 Å². The SMILES string of the molecule is CC(C)c1ccc(NC(=O)[C@H](C)OC(=O)CCNC(=O)c2ccc(Cl)cc2)cc1. The molecule has 0 heterocycles. The molecule has 0 saturated carbocycles. The highest BCUT2D eigenvalue weighted by atomic mass is 35.5. The monoisotopic (exact) mass is 416 g/mol. The lowest BCUT2D eigenvalue weighted by molar-refractivity contribution is -0.153. The van der Waals surface area contributed by atoms with Crippen LogP contribution in [0.5, 0.6) is 0 Å². The summed E-state index contributed by atoms with van der Waals surface area (Å²) in [6.45, 7) is 5.79. The lowest BCUT2D eigenvalue weighted by Crippen LogP contribution is -2.32. The van der Waals surface area contributed by atoms with Gasteiger partial charge in [-0.2, -0.15) is 0 Å². The highest BCUT2D eigenvalue weighted by Crippen LogP contribution is 2.17. The summed E-state index contributed by atoms with van der Waals surface area (Å²) in [6.07, 6.45) is -0.987. The first-order chi connectivity index (χ1) is 13.8. The van der Waals surface area contributed by atoms with Crippen LogP contribution in [0.3, 0.4) is 0 Å². The van der Waals surface area contributed by atoms with Gasteiger partial charge >= 0.3 is 5.97 Å². The third-order valence-electron chi connectivity index (χ3n) is 4.24. The zero-order valence-electron chi connectivity index (χ0n) is 16.7. The normalized spacial score (nSPS) is 11.6. The Balaban J connectivity index is 1.74. The summed E-state index contributed by atoms with van der Waals surface area (Å²) in [4.78, 5) is 36.1. The summed E-state index contributed by atoms with van der Waals surface area (Å²) in [6, 6.07) is 13.9. The Bertz CT molecular complexity index is 848. The van der Waals surface area contributed by atoms with Gasteiger partial charge in [-0.05, 0) is 54.8 Å². The minimum absolute atomic E-state index is 0.0416. The molecular weight excluding hydrogens is 392 g/mol. The summed E-state index contributed by atoms with van der Waals surface area (Å²) < 4.78 is 5.13. The van der Waals surface area contributed by atoms with E-state index in [0.29, 0.717) is 22.2 Å². The van der Waals surface area contributed by atoms with Gasteiger partial charge in [0, 0.05) is 22.8 Å². The molecule has 0 aliphatic carbocycles. The standard InChI is InChI=1S/C22H25ClN2O4/c1-14(2)16-6-10-19(11-7-16)25-21(27)15(3)29-20(26)12-13-24-22(28)17-4-8-18(23)9-5-17/h4-11,14-15H,12-13H2,1-3H3,(H,24,28)(H,25,27)/t15-/m0/s1. The Morgan fingerprint density at radius 2 is 1.59 bits per heavy atom. The summed E-state index contributed by atoms with van der Waals surface area (Å²) in [7, 11) is 0. The summed E-state index contributed by atoms with van der Waals surface area (Å²) in [5, 5.41) is 5.87. The van der Waals surface area contributed by atoms with Crippen molar-refractivity contribution in [3.8, 4) is 0 Å². The number of esters is 1. The van der Waals surface area contributed by atoms with E-state index in [1.807, 2.05) is 24.3 Å². The number of rotatable bonds is 8. The van der Waals surface area contributed by atoms with Crippen molar-refractivity contribution >= 4 is 35.1 Å². The zero-order chi connectivity index (χ0) is 21.4. The van der Waals surface area contributed by atoms with E-state index in [1.165, 1.54) is 12.5 Å². The second-order valence-corrected chi connectivity index (χ2v) is 7.35. The zero-order valence-corrected chi connectivity index (χ0v) is 17.5. The van der Waals surface area contributed by atoms with Crippen LogP contribution in [0, 0.1) is 0 Å². The molecule has 0 spiro atoms. The maximum Gasteiger partial charge on any atom is 0.308 e. The minimum atomic E-state index is -0.945. The molecule has 2 amide bonds. The van der Waals surface area contributed by atoms with Crippen LogP contribution in [-0.4, -0.2) is 30.4 Å². The molecular formula is C22H25ClN2O4. The molecule has 0 saturated heterocycles. The van der Waals surface area contributed by atoms with E-state index in [2.05, 4.69) is 24.5 Å². The second kappa shape index (κ2) is 10.6. The number of carbonyl (C=O) groups is 3. The van der Waals surface area contributed by atoms with E-state index in [0.717, 1.165) is 0 Å². The molecule has 0 fully saturated rings. The van der Waals surface area contributed by atoms with Crippen LogP contribution in [0.4, 0.5) is 5.69 Å². The third kappa shape index (κ3) is 7.23. The molecule has 0 aromatic heterocycles. The third-order valence-corrected chi connectivity index (χ3v) is 4.50. The van der Waals surface area contributed by atoms with Gasteiger partial charge < -0.3 is 15.4 Å². The predicted molar refractivity (Wildman–Crippen MR) is 113 cm³/mol. The van der Waals surface area contributed by atoms with E-state index in [4.69, 9.17) is 16.3 Å². The fourth-order valence-electron chi connectivity index (χ4n) is 2.49. The number of amides is 2. The van der Waals surface area contributed by atoms with Gasteiger partial charge in [-0.1, -0.05) is 37.6 Å². The molecule has 2 N–H and O–H groups in total. The average molecular weight is 417 g/mol. The van der Waals surface area contributed by atoms with Crippen LogP contribution >= 0.6 is 11.6 Å². The second-order valence-electron chi connectivity index (χ2n) is 6.91. The molecule has 0 unspecified atom stereocenters. The smallest absolute Gasteiger partial charge is 0.308 e. The topological polar surface area (TPSA) is 84.5 Å². The van der Waals surface area contributed by atoms with Gasteiger partial charge in [0.2, 0.25) is 0 Å². The van der Waals surface area contributed by atoms with Crippen molar-refractivity contribution in [2.24, 2.45) is 0 Å². The molecule has 1 atom stereocenters. The first-order valence-electron chi connectivity index (χ1n) is 9.40. The van der Waals surface area contributed by atoms with Crippen LogP contribution in [0.2, 0.25) is 5.02 Å². The minimum Gasteiger partial charge on any atom is -0.452 e. The van der Waals surface area contributed by atoms with Crippen LogP contribution < -0.4 is 10.6 Å². The van der Waals surface area contributed by atoms with Crippen molar-refractivity contribution in [3.05, 3.63) is 64.7 Å². The molecule has 0 aliphatic heterocycles. The maximum atomic E-state index is 12.2. The van der Waals surface area contributed by atoms with Crippen molar-refractivity contribution in [2.75, 3.05) is 11.9 Å². The molecule has 154 valence electrons. The Hall–Kier alpha value is -2.86. The van der Waals surface area contributed by atoms with E-state index in [1.54, 1.807) is 24.3 Å². The number of nitrogens with one attached hydrogen (secondary N) is 2. The highest BCUT2D eigenvalue weighted by molar-refractivity contribution is 6.30. The maximum absolute atomic E-state index is 12.2. The quantitative estimate of drug-likeness (QED) is 0.633. The Morgan fingerprint density at radius 1 is 0.966 bits per heavy atom. The molecule has 0 radical (unpaired) electrons. The molecule has 2 aromatic carbocycles. The molecule has 2 rings (SSSR count). The largest absolute Gasteiger partial charge is 0.452 e. The van der Waals surface area contributed by atoms with E-state index in [9.17, 15) is 14.4 Å². The number of hydrogen-bond acceptors (Lipinski definition) is 4. The number of anilines is 1. The molecule has 29 heavy (non-hydrogen) atoms. The van der Waals surface area contributed by atoms with E-state index >= 15 is 0 Å². The molecule has 0 aliphatic rings. The van der Waals surface area contributed by atoms with Gasteiger partial charge in [-0.15, -0.1) is 0 Å². The molecule has 0 bridgehead atoms. The van der Waals surface area contributed by atoms with Crippen molar-refractivity contribution in [2.45, 2.75) is 39.2 Å². The first kappa shape index (κ1) is 22.4. The number of carbonyl (C=O) groups excluding carboxylic acids is 3. The average Bonchev–Trinajstić information content (AvgIpc) is 2.68. The van der Waals surface area contributed by atoms with Gasteiger partial charge in [0.1, 0.15) is 0 Å². The molecule has 2 aromatic rings. The van der Waals surface area contributed by atoms with Crippen molar-refractivity contribution < 1.29 is 19.1 Å². The fraction of sp³-hybridized carbons (Fsp3) is 0.318. The number of hydrogen-bond donors (Lipinski definition) is 2. The van der Waals surface area contributed by atoms with Crippen LogP contribution in [0.1, 0.15) is 49.0 Å². The summed E-state index contributed by atoms with van der Waals surface area (Å²) in [5.74, 6) is -0.898. The number of halogens is 1. The lowest BCUT2D eigenvalue weighted by Gasteiger charge is -2.14. The van der Waals surface area contributed by atoms with Gasteiger partial charge in [-0.25, -0.2) is 0 Å². The lowest BCUT2D eigenvalue weighted by atomic mass is 10.0. The summed E-state index contributed by atoms with van der Waals surface area (Å²) >= 11 is 5.78. The van der Waals surface area contributed by atoms with Crippen LogP contribution in [0.25, 0.3) is 0 Å².